The molecule has 4 heteroatoms. The van der Waals surface area contributed by atoms with Gasteiger partial charge in [0.1, 0.15) is 0 Å². The summed E-state index contributed by atoms with van der Waals surface area (Å²) in [5.74, 6) is -0.724. The van der Waals surface area contributed by atoms with Crippen molar-refractivity contribution >= 4 is 17.5 Å². The van der Waals surface area contributed by atoms with E-state index in [0.717, 1.165) is 28.7 Å². The molecule has 0 unspecified atom stereocenters. The Morgan fingerprint density at radius 3 is 2.25 bits per heavy atom. The second-order valence-corrected chi connectivity index (χ2v) is 5.57. The van der Waals surface area contributed by atoms with Gasteiger partial charge in [0, 0.05) is 5.57 Å². The fourth-order valence-corrected chi connectivity index (χ4v) is 3.08. The van der Waals surface area contributed by atoms with Gasteiger partial charge >= 0.3 is 11.9 Å². The van der Waals surface area contributed by atoms with Gasteiger partial charge in [-0.15, -0.1) is 0 Å². The number of benzene rings is 2. The Bertz CT molecular complexity index is 819. The predicted molar refractivity (Wildman–Crippen MR) is 90.6 cm³/mol. The maximum atomic E-state index is 12.3. The van der Waals surface area contributed by atoms with Crippen molar-refractivity contribution in [2.75, 3.05) is 14.2 Å². The highest BCUT2D eigenvalue weighted by Gasteiger charge is 2.26. The van der Waals surface area contributed by atoms with Gasteiger partial charge in [0.2, 0.25) is 0 Å². The van der Waals surface area contributed by atoms with E-state index in [9.17, 15) is 9.59 Å². The van der Waals surface area contributed by atoms with E-state index in [-0.39, 0.29) is 5.97 Å². The quantitative estimate of drug-likeness (QED) is 0.813. The molecule has 0 saturated heterocycles. The van der Waals surface area contributed by atoms with Crippen molar-refractivity contribution in [2.24, 2.45) is 0 Å². The number of methoxy groups -OCH3 is 2. The molecule has 0 N–H and O–H groups in total. The molecular weight excluding hydrogens is 304 g/mol. The molecule has 0 bridgehead atoms. The molecule has 1 aliphatic rings. The average molecular weight is 322 g/mol. The minimum Gasteiger partial charge on any atom is -0.466 e. The van der Waals surface area contributed by atoms with Gasteiger partial charge < -0.3 is 9.47 Å². The number of esters is 2. The number of ether oxygens (including phenoxy) is 2. The van der Waals surface area contributed by atoms with Gasteiger partial charge in [0.15, 0.2) is 0 Å². The molecule has 0 aliphatic heterocycles. The predicted octanol–water partition coefficient (Wildman–Crippen LogP) is 3.39. The largest absolute Gasteiger partial charge is 0.466 e. The molecule has 0 heterocycles. The van der Waals surface area contributed by atoms with E-state index in [4.69, 9.17) is 9.47 Å². The zero-order valence-electron chi connectivity index (χ0n) is 13.7. The highest BCUT2D eigenvalue weighted by atomic mass is 16.5. The topological polar surface area (TPSA) is 52.6 Å². The lowest BCUT2D eigenvalue weighted by Gasteiger charge is -2.23. The lowest BCUT2D eigenvalue weighted by atomic mass is 9.81. The summed E-state index contributed by atoms with van der Waals surface area (Å²) in [5.41, 5.74) is 4.86. The van der Waals surface area contributed by atoms with Crippen molar-refractivity contribution in [1.82, 2.24) is 0 Å². The monoisotopic (exact) mass is 322 g/mol. The van der Waals surface area contributed by atoms with Crippen molar-refractivity contribution in [2.45, 2.75) is 12.8 Å². The third-order valence-electron chi connectivity index (χ3n) is 4.24. The van der Waals surface area contributed by atoms with Gasteiger partial charge in [0.05, 0.1) is 19.8 Å². The van der Waals surface area contributed by atoms with Crippen LogP contribution in [-0.2, 0) is 20.7 Å². The molecule has 0 amide bonds. The van der Waals surface area contributed by atoms with Crippen LogP contribution in [0.1, 0.15) is 33.5 Å². The maximum Gasteiger partial charge on any atom is 0.337 e. The van der Waals surface area contributed by atoms with Crippen molar-refractivity contribution in [3.63, 3.8) is 0 Å². The van der Waals surface area contributed by atoms with Gasteiger partial charge in [-0.1, -0.05) is 36.4 Å². The van der Waals surface area contributed by atoms with Crippen LogP contribution in [0.2, 0.25) is 0 Å². The minimum atomic E-state index is -0.393. The van der Waals surface area contributed by atoms with Gasteiger partial charge in [0.25, 0.3) is 0 Å². The summed E-state index contributed by atoms with van der Waals surface area (Å²) in [6.07, 6.45) is 1.35. The van der Waals surface area contributed by atoms with Crippen LogP contribution in [0.4, 0.5) is 0 Å². The second kappa shape index (κ2) is 6.71. The van der Waals surface area contributed by atoms with Gasteiger partial charge in [-0.05, 0) is 47.2 Å². The van der Waals surface area contributed by atoms with Crippen LogP contribution < -0.4 is 0 Å². The fraction of sp³-hybridized carbons (Fsp3) is 0.200. The van der Waals surface area contributed by atoms with E-state index in [1.54, 1.807) is 12.1 Å². The van der Waals surface area contributed by atoms with E-state index in [1.165, 1.54) is 14.2 Å². The van der Waals surface area contributed by atoms with Crippen molar-refractivity contribution in [3.05, 3.63) is 76.4 Å². The first kappa shape index (κ1) is 16.0. The van der Waals surface area contributed by atoms with Gasteiger partial charge in [-0.25, -0.2) is 9.59 Å². The first-order valence-electron chi connectivity index (χ1n) is 7.74. The van der Waals surface area contributed by atoms with Crippen molar-refractivity contribution in [1.29, 1.82) is 0 Å². The molecule has 0 saturated carbocycles. The highest BCUT2D eigenvalue weighted by molar-refractivity contribution is 6.04. The standard InChI is InChI=1S/C20H18O4/c1-23-19(21)15-9-8-13-10-11-16(20(22)24-2)18(17(13)12-15)14-6-4-3-5-7-14/h3-9,12H,10-11H2,1-2H3. The Balaban J connectivity index is 2.24. The average Bonchev–Trinajstić information content (AvgIpc) is 2.65. The zero-order chi connectivity index (χ0) is 17.1. The third-order valence-corrected chi connectivity index (χ3v) is 4.24. The van der Waals surface area contributed by atoms with Crippen molar-refractivity contribution < 1.29 is 19.1 Å². The molecule has 0 radical (unpaired) electrons. The molecule has 0 atom stereocenters. The molecule has 122 valence electrons. The summed E-state index contributed by atoms with van der Waals surface area (Å²) in [4.78, 5) is 24.1. The number of carbonyl (C=O) groups excluding carboxylic acids is 2. The van der Waals surface area contributed by atoms with E-state index in [1.807, 2.05) is 36.4 Å². The molecule has 0 fully saturated rings. The fourth-order valence-electron chi connectivity index (χ4n) is 3.08. The third kappa shape index (κ3) is 2.83. The number of hydrogen-bond donors (Lipinski definition) is 0. The van der Waals surface area contributed by atoms with Crippen LogP contribution >= 0.6 is 0 Å². The number of rotatable bonds is 3. The molecule has 4 nitrogen and oxygen atoms in total. The zero-order valence-corrected chi connectivity index (χ0v) is 13.7. The van der Waals surface area contributed by atoms with E-state index >= 15 is 0 Å². The summed E-state index contributed by atoms with van der Waals surface area (Å²) in [7, 11) is 2.74. The number of aryl methyl sites for hydroxylation is 1. The van der Waals surface area contributed by atoms with Gasteiger partial charge in [-0.3, -0.25) is 0 Å². The molecular formula is C20H18O4. The number of hydrogen-bond acceptors (Lipinski definition) is 4. The van der Waals surface area contributed by atoms with Crippen LogP contribution in [0.5, 0.6) is 0 Å². The normalized spacial score (nSPS) is 13.2. The smallest absolute Gasteiger partial charge is 0.337 e. The molecule has 1 aliphatic carbocycles. The summed E-state index contributed by atoms with van der Waals surface area (Å²) in [5, 5.41) is 0. The van der Waals surface area contributed by atoms with Crippen molar-refractivity contribution in [3.8, 4) is 0 Å². The SMILES string of the molecule is COC(=O)C1=C(c2ccccc2)c2cc(C(=O)OC)ccc2CC1. The van der Waals surface area contributed by atoms with E-state index in [2.05, 4.69) is 0 Å². The van der Waals surface area contributed by atoms with E-state index < -0.39 is 5.97 Å². The lowest BCUT2D eigenvalue weighted by molar-refractivity contribution is -0.136. The van der Waals surface area contributed by atoms with Crippen LogP contribution in [0.25, 0.3) is 5.57 Å². The maximum absolute atomic E-state index is 12.3. The minimum absolute atomic E-state index is 0.331. The van der Waals surface area contributed by atoms with Crippen LogP contribution in [0.15, 0.2) is 54.1 Å². The Morgan fingerprint density at radius 1 is 0.875 bits per heavy atom. The van der Waals surface area contributed by atoms with Crippen LogP contribution in [0, 0.1) is 0 Å². The molecule has 24 heavy (non-hydrogen) atoms. The summed E-state index contributed by atoms with van der Waals surface area (Å²) >= 11 is 0. The van der Waals surface area contributed by atoms with Crippen LogP contribution in [-0.4, -0.2) is 26.2 Å². The first-order chi connectivity index (χ1) is 11.7. The molecule has 0 aromatic heterocycles. The number of carbonyl (C=O) groups is 2. The summed E-state index contributed by atoms with van der Waals surface area (Å²) in [6.45, 7) is 0. The summed E-state index contributed by atoms with van der Waals surface area (Å²) in [6, 6.07) is 15.2. The Hall–Kier alpha value is -2.88. The van der Waals surface area contributed by atoms with Crippen LogP contribution in [0.3, 0.4) is 0 Å². The first-order valence-corrected chi connectivity index (χ1v) is 7.74. The molecule has 2 aromatic carbocycles. The summed E-state index contributed by atoms with van der Waals surface area (Å²) < 4.78 is 9.78. The number of fused-ring (bicyclic) bond motifs is 1. The lowest BCUT2D eigenvalue weighted by Crippen LogP contribution is -2.15. The van der Waals surface area contributed by atoms with E-state index in [0.29, 0.717) is 17.6 Å². The van der Waals surface area contributed by atoms with Gasteiger partial charge in [-0.2, -0.15) is 0 Å². The Kier molecular flexibility index (Phi) is 4.47. The Morgan fingerprint density at radius 2 is 1.58 bits per heavy atom. The molecule has 2 aromatic rings. The Labute approximate surface area is 140 Å². The molecule has 0 spiro atoms. The second-order valence-electron chi connectivity index (χ2n) is 5.57. The highest BCUT2D eigenvalue weighted by Crippen LogP contribution is 2.37. The molecule has 3 rings (SSSR count).